The summed E-state index contributed by atoms with van der Waals surface area (Å²) in [7, 11) is -1.54. The average Bonchev–Trinajstić information content (AvgIpc) is 2.78. The number of hydrogen-bond acceptors (Lipinski definition) is 4. The van der Waals surface area contributed by atoms with Gasteiger partial charge in [-0.05, 0) is 37.6 Å². The van der Waals surface area contributed by atoms with Gasteiger partial charge in [0.2, 0.25) is 10.0 Å². The summed E-state index contributed by atoms with van der Waals surface area (Å²) in [6.07, 6.45) is 1.66. The standard InChI is InChI=1S/C15H24N2O3S/c1-3-15(16-2)13-6-4-7-14(12-13)21(18,19)17-8-5-10-20-11-9-17/h4,6-7,12,15-16H,3,5,8-11H2,1-2H3. The van der Waals surface area contributed by atoms with Gasteiger partial charge in [-0.2, -0.15) is 4.31 Å². The van der Waals surface area contributed by atoms with Crippen LogP contribution in [0.15, 0.2) is 29.2 Å². The number of sulfonamides is 1. The number of ether oxygens (including phenoxy) is 1. The van der Waals surface area contributed by atoms with E-state index in [1.807, 2.05) is 19.2 Å². The normalized spacial score (nSPS) is 19.1. The van der Waals surface area contributed by atoms with Crippen LogP contribution in [0.25, 0.3) is 0 Å². The number of benzene rings is 1. The molecule has 0 amide bonds. The zero-order chi connectivity index (χ0) is 15.3. The minimum Gasteiger partial charge on any atom is -0.380 e. The lowest BCUT2D eigenvalue weighted by Gasteiger charge is -2.21. The van der Waals surface area contributed by atoms with Crippen molar-refractivity contribution in [3.05, 3.63) is 29.8 Å². The Hall–Kier alpha value is -0.950. The first-order valence-corrected chi connectivity index (χ1v) is 8.88. The van der Waals surface area contributed by atoms with Crippen LogP contribution < -0.4 is 5.32 Å². The third-order valence-electron chi connectivity index (χ3n) is 3.84. The summed E-state index contributed by atoms with van der Waals surface area (Å²) < 4.78 is 32.3. The number of rotatable bonds is 5. The Morgan fingerprint density at radius 3 is 2.86 bits per heavy atom. The van der Waals surface area contributed by atoms with Crippen LogP contribution in [0.2, 0.25) is 0 Å². The van der Waals surface area contributed by atoms with Crippen LogP contribution in [0.4, 0.5) is 0 Å². The third-order valence-corrected chi connectivity index (χ3v) is 5.73. The fourth-order valence-electron chi connectivity index (χ4n) is 2.61. The highest BCUT2D eigenvalue weighted by Gasteiger charge is 2.25. The van der Waals surface area contributed by atoms with Gasteiger partial charge in [0, 0.05) is 25.7 Å². The fraction of sp³-hybridized carbons (Fsp3) is 0.600. The molecule has 1 heterocycles. The highest BCUT2D eigenvalue weighted by Crippen LogP contribution is 2.22. The van der Waals surface area contributed by atoms with E-state index in [-0.39, 0.29) is 6.04 Å². The lowest BCUT2D eigenvalue weighted by Crippen LogP contribution is -2.33. The molecule has 1 aromatic carbocycles. The van der Waals surface area contributed by atoms with Crippen molar-refractivity contribution in [3.63, 3.8) is 0 Å². The van der Waals surface area contributed by atoms with Gasteiger partial charge < -0.3 is 10.1 Å². The predicted octanol–water partition coefficient (Wildman–Crippen LogP) is 1.77. The van der Waals surface area contributed by atoms with Crippen LogP contribution in [-0.4, -0.2) is 46.1 Å². The Morgan fingerprint density at radius 2 is 2.14 bits per heavy atom. The zero-order valence-electron chi connectivity index (χ0n) is 12.7. The first kappa shape index (κ1) is 16.4. The molecule has 1 aliphatic rings. The summed E-state index contributed by atoms with van der Waals surface area (Å²) >= 11 is 0. The molecule has 0 saturated carbocycles. The van der Waals surface area contributed by atoms with Gasteiger partial charge in [-0.1, -0.05) is 19.1 Å². The Balaban J connectivity index is 2.29. The van der Waals surface area contributed by atoms with Crippen molar-refractivity contribution in [1.29, 1.82) is 0 Å². The molecule has 1 fully saturated rings. The van der Waals surface area contributed by atoms with Gasteiger partial charge in [0.15, 0.2) is 0 Å². The van der Waals surface area contributed by atoms with Crippen LogP contribution in [0, 0.1) is 0 Å². The lowest BCUT2D eigenvalue weighted by atomic mass is 10.1. The van der Waals surface area contributed by atoms with Gasteiger partial charge in [-0.25, -0.2) is 8.42 Å². The second-order valence-corrected chi connectivity index (χ2v) is 7.13. The van der Waals surface area contributed by atoms with Gasteiger partial charge in [-0.3, -0.25) is 0 Å². The first-order valence-electron chi connectivity index (χ1n) is 7.44. The van der Waals surface area contributed by atoms with Crippen LogP contribution >= 0.6 is 0 Å². The minimum atomic E-state index is -3.43. The molecular formula is C15H24N2O3S. The molecular weight excluding hydrogens is 288 g/mol. The molecule has 6 heteroatoms. The van der Waals surface area contributed by atoms with E-state index in [1.54, 1.807) is 12.1 Å². The molecule has 1 aliphatic heterocycles. The Kier molecular flexibility index (Phi) is 5.75. The van der Waals surface area contributed by atoms with Crippen LogP contribution in [-0.2, 0) is 14.8 Å². The fourth-order valence-corrected chi connectivity index (χ4v) is 4.13. The summed E-state index contributed by atoms with van der Waals surface area (Å²) in [4.78, 5) is 0.371. The molecule has 0 aliphatic carbocycles. The average molecular weight is 312 g/mol. The summed E-state index contributed by atoms with van der Waals surface area (Å²) in [5.41, 5.74) is 1.01. The van der Waals surface area contributed by atoms with Crippen molar-refractivity contribution in [3.8, 4) is 0 Å². The molecule has 0 bridgehead atoms. The topological polar surface area (TPSA) is 58.6 Å². The highest BCUT2D eigenvalue weighted by atomic mass is 32.2. The summed E-state index contributed by atoms with van der Waals surface area (Å²) in [5.74, 6) is 0. The molecule has 118 valence electrons. The van der Waals surface area contributed by atoms with Crippen LogP contribution in [0.5, 0.6) is 0 Å². The monoisotopic (exact) mass is 312 g/mol. The number of hydrogen-bond donors (Lipinski definition) is 1. The van der Waals surface area contributed by atoms with E-state index in [2.05, 4.69) is 12.2 Å². The maximum atomic E-state index is 12.7. The largest absolute Gasteiger partial charge is 0.380 e. The maximum Gasteiger partial charge on any atom is 0.243 e. The van der Waals surface area contributed by atoms with Gasteiger partial charge in [0.1, 0.15) is 0 Å². The van der Waals surface area contributed by atoms with Crippen molar-refractivity contribution in [2.45, 2.75) is 30.7 Å². The molecule has 1 saturated heterocycles. The molecule has 1 N–H and O–H groups in total. The quantitative estimate of drug-likeness (QED) is 0.900. The molecule has 0 aromatic heterocycles. The van der Waals surface area contributed by atoms with Crippen molar-refractivity contribution in [2.75, 3.05) is 33.4 Å². The Bertz CT molecular complexity index is 548. The van der Waals surface area contributed by atoms with E-state index >= 15 is 0 Å². The second kappa shape index (κ2) is 7.35. The molecule has 0 radical (unpaired) electrons. The first-order chi connectivity index (χ1) is 10.1. The second-order valence-electron chi connectivity index (χ2n) is 5.19. The van der Waals surface area contributed by atoms with Gasteiger partial charge in [-0.15, -0.1) is 0 Å². The molecule has 1 atom stereocenters. The Morgan fingerprint density at radius 1 is 1.33 bits per heavy atom. The summed E-state index contributed by atoms with van der Waals surface area (Å²) in [6.45, 7) is 4.12. The van der Waals surface area contributed by atoms with E-state index in [0.717, 1.165) is 18.4 Å². The number of nitrogens with zero attached hydrogens (tertiary/aromatic N) is 1. The molecule has 5 nitrogen and oxygen atoms in total. The minimum absolute atomic E-state index is 0.174. The molecule has 1 unspecified atom stereocenters. The van der Waals surface area contributed by atoms with Crippen LogP contribution in [0.3, 0.4) is 0 Å². The zero-order valence-corrected chi connectivity index (χ0v) is 13.5. The van der Waals surface area contributed by atoms with Gasteiger partial charge in [0.05, 0.1) is 11.5 Å². The lowest BCUT2D eigenvalue weighted by molar-refractivity contribution is 0.148. The van der Waals surface area contributed by atoms with E-state index in [0.29, 0.717) is 31.2 Å². The Labute approximate surface area is 127 Å². The summed E-state index contributed by atoms with van der Waals surface area (Å²) in [6, 6.07) is 7.41. The molecule has 1 aromatic rings. The van der Waals surface area contributed by atoms with Gasteiger partial charge in [0.25, 0.3) is 0 Å². The van der Waals surface area contributed by atoms with E-state index in [9.17, 15) is 8.42 Å². The van der Waals surface area contributed by atoms with E-state index in [4.69, 9.17) is 4.74 Å². The van der Waals surface area contributed by atoms with E-state index in [1.165, 1.54) is 4.31 Å². The maximum absolute atomic E-state index is 12.7. The highest BCUT2D eigenvalue weighted by molar-refractivity contribution is 7.89. The van der Waals surface area contributed by atoms with Crippen molar-refractivity contribution < 1.29 is 13.2 Å². The smallest absolute Gasteiger partial charge is 0.243 e. The molecule has 21 heavy (non-hydrogen) atoms. The third kappa shape index (κ3) is 3.83. The van der Waals surface area contributed by atoms with Crippen LogP contribution in [0.1, 0.15) is 31.4 Å². The molecule has 0 spiro atoms. The molecule has 2 rings (SSSR count). The summed E-state index contributed by atoms with van der Waals surface area (Å²) in [5, 5.41) is 3.21. The predicted molar refractivity (Wildman–Crippen MR) is 82.7 cm³/mol. The SMILES string of the molecule is CCC(NC)c1cccc(S(=O)(=O)N2CCCOCC2)c1. The van der Waals surface area contributed by atoms with Crippen molar-refractivity contribution in [1.82, 2.24) is 9.62 Å². The van der Waals surface area contributed by atoms with Crippen molar-refractivity contribution in [2.24, 2.45) is 0 Å². The number of nitrogens with one attached hydrogen (secondary N) is 1. The van der Waals surface area contributed by atoms with E-state index < -0.39 is 10.0 Å². The van der Waals surface area contributed by atoms with Gasteiger partial charge >= 0.3 is 0 Å². The van der Waals surface area contributed by atoms with Crippen molar-refractivity contribution >= 4 is 10.0 Å².